The van der Waals surface area contributed by atoms with Crippen LogP contribution in [0.1, 0.15) is 24.0 Å². The maximum absolute atomic E-state index is 13.5. The Morgan fingerprint density at radius 2 is 1.86 bits per heavy atom. The molecule has 1 saturated carbocycles. The molecule has 5 rings (SSSR count). The Balaban J connectivity index is 1.70. The van der Waals surface area contributed by atoms with E-state index < -0.39 is 52.0 Å². The highest BCUT2D eigenvalue weighted by Crippen LogP contribution is 2.53. The van der Waals surface area contributed by atoms with Crippen molar-refractivity contribution in [2.75, 3.05) is 7.11 Å². The van der Waals surface area contributed by atoms with Crippen LogP contribution in [-0.4, -0.2) is 50.6 Å². The average molecular weight is 477 g/mol. The second-order valence-electron chi connectivity index (χ2n) is 9.12. The van der Waals surface area contributed by atoms with Gasteiger partial charge in [0, 0.05) is 17.9 Å². The van der Waals surface area contributed by atoms with E-state index in [2.05, 4.69) is 0 Å². The number of fused-ring (bicyclic) bond motifs is 3. The van der Waals surface area contributed by atoms with Crippen molar-refractivity contribution < 1.29 is 39.5 Å². The van der Waals surface area contributed by atoms with Crippen LogP contribution in [0.15, 0.2) is 53.3 Å². The van der Waals surface area contributed by atoms with Gasteiger partial charge in [-0.15, -0.1) is 0 Å². The number of phenolic OH excluding ortho intramolecular Hbond substituents is 1. The predicted octanol–water partition coefficient (Wildman–Crippen LogP) is 2.10. The monoisotopic (exact) mass is 477 g/mol. The van der Waals surface area contributed by atoms with Crippen LogP contribution in [0.2, 0.25) is 0 Å². The predicted molar refractivity (Wildman–Crippen MR) is 123 cm³/mol. The fraction of sp³-hybridized carbons (Fsp3) is 0.269. The first-order valence-corrected chi connectivity index (χ1v) is 11.1. The van der Waals surface area contributed by atoms with Gasteiger partial charge >= 0.3 is 0 Å². The minimum Gasteiger partial charge on any atom is -0.508 e. The highest BCUT2D eigenvalue weighted by molar-refractivity contribution is 6.22. The molecular weight excluding hydrogens is 454 g/mol. The zero-order chi connectivity index (χ0) is 25.2. The SMILES string of the molecule is COc1cccc(-c2ccc(O)c3c2C[C@H]2C[C@H]4CC(=O)C(C(N)=O)=C(O)C4(O)C(=O)C2=C3O)c1. The minimum absolute atomic E-state index is 0.0532. The summed E-state index contributed by atoms with van der Waals surface area (Å²) in [6.07, 6.45) is -0.0454. The van der Waals surface area contributed by atoms with Gasteiger partial charge in [-0.05, 0) is 53.6 Å². The Hall–Kier alpha value is -4.11. The first-order chi connectivity index (χ1) is 16.6. The summed E-state index contributed by atoms with van der Waals surface area (Å²) in [7, 11) is 1.54. The molecule has 0 saturated heterocycles. The molecule has 0 spiro atoms. The van der Waals surface area contributed by atoms with Crippen molar-refractivity contribution in [3.8, 4) is 22.6 Å². The first kappa shape index (κ1) is 22.7. The number of primary amides is 1. The number of Topliss-reactive ketones (excluding diaryl/α,β-unsaturated/α-hetero) is 2. The molecule has 1 unspecified atom stereocenters. The number of carbonyl (C=O) groups excluding carboxylic acids is 3. The van der Waals surface area contributed by atoms with Gasteiger partial charge in [-0.3, -0.25) is 14.4 Å². The lowest BCUT2D eigenvalue weighted by Crippen LogP contribution is -2.58. The van der Waals surface area contributed by atoms with Crippen molar-refractivity contribution in [1.29, 1.82) is 0 Å². The third kappa shape index (κ3) is 3.08. The molecule has 9 heteroatoms. The molecule has 0 radical (unpaired) electrons. The van der Waals surface area contributed by atoms with E-state index in [1.54, 1.807) is 25.3 Å². The van der Waals surface area contributed by atoms with Gasteiger partial charge in [0.25, 0.3) is 5.91 Å². The van der Waals surface area contributed by atoms with Gasteiger partial charge in [-0.25, -0.2) is 0 Å². The number of aromatic hydroxyl groups is 1. The Kier molecular flexibility index (Phi) is 4.99. The minimum atomic E-state index is -2.57. The number of phenols is 1. The largest absolute Gasteiger partial charge is 0.508 e. The number of amides is 1. The number of methoxy groups -OCH3 is 1. The molecule has 1 fully saturated rings. The average Bonchev–Trinajstić information content (AvgIpc) is 2.81. The summed E-state index contributed by atoms with van der Waals surface area (Å²) < 4.78 is 5.31. The molecule has 3 atom stereocenters. The van der Waals surface area contributed by atoms with E-state index in [1.807, 2.05) is 12.1 Å². The van der Waals surface area contributed by atoms with Crippen LogP contribution in [0.4, 0.5) is 0 Å². The molecule has 0 aliphatic heterocycles. The summed E-state index contributed by atoms with van der Waals surface area (Å²) in [5, 5.41) is 43.7. The number of aliphatic hydroxyl groups is 3. The fourth-order valence-electron chi connectivity index (χ4n) is 5.68. The Morgan fingerprint density at radius 1 is 1.11 bits per heavy atom. The Bertz CT molecular complexity index is 1390. The van der Waals surface area contributed by atoms with Crippen molar-refractivity contribution in [3.63, 3.8) is 0 Å². The molecule has 2 aromatic carbocycles. The van der Waals surface area contributed by atoms with E-state index in [9.17, 15) is 34.8 Å². The molecule has 35 heavy (non-hydrogen) atoms. The molecule has 0 bridgehead atoms. The number of benzene rings is 2. The van der Waals surface area contributed by atoms with Crippen LogP contribution in [0.3, 0.4) is 0 Å². The number of hydrogen-bond donors (Lipinski definition) is 5. The lowest BCUT2D eigenvalue weighted by Gasteiger charge is -2.46. The summed E-state index contributed by atoms with van der Waals surface area (Å²) in [5.41, 5.74) is 3.80. The number of aliphatic hydroxyl groups excluding tert-OH is 2. The van der Waals surface area contributed by atoms with E-state index in [4.69, 9.17) is 10.5 Å². The molecular formula is C26H23NO8. The van der Waals surface area contributed by atoms with E-state index in [0.717, 1.165) is 5.56 Å². The van der Waals surface area contributed by atoms with Crippen molar-refractivity contribution >= 4 is 23.2 Å². The molecule has 2 aromatic rings. The van der Waals surface area contributed by atoms with Crippen LogP contribution in [0.5, 0.6) is 11.5 Å². The van der Waals surface area contributed by atoms with Gasteiger partial charge in [0.15, 0.2) is 11.4 Å². The number of rotatable bonds is 3. The van der Waals surface area contributed by atoms with Crippen molar-refractivity contribution in [3.05, 3.63) is 64.4 Å². The topological polar surface area (TPSA) is 167 Å². The Morgan fingerprint density at radius 3 is 2.54 bits per heavy atom. The van der Waals surface area contributed by atoms with Gasteiger partial charge in [0.2, 0.25) is 5.78 Å². The Labute approximate surface area is 199 Å². The summed E-state index contributed by atoms with van der Waals surface area (Å²) in [6, 6.07) is 10.4. The molecule has 9 nitrogen and oxygen atoms in total. The van der Waals surface area contributed by atoms with E-state index in [1.165, 1.54) is 6.07 Å². The lowest BCUT2D eigenvalue weighted by molar-refractivity contribution is -0.147. The fourth-order valence-corrected chi connectivity index (χ4v) is 5.68. The number of nitrogens with two attached hydrogens (primary N) is 1. The molecule has 0 aromatic heterocycles. The number of hydrogen-bond acceptors (Lipinski definition) is 8. The van der Waals surface area contributed by atoms with E-state index in [-0.39, 0.29) is 36.1 Å². The first-order valence-electron chi connectivity index (χ1n) is 11.1. The highest BCUT2D eigenvalue weighted by atomic mass is 16.5. The third-order valence-electron chi connectivity index (χ3n) is 7.33. The smallest absolute Gasteiger partial charge is 0.255 e. The molecule has 180 valence electrons. The van der Waals surface area contributed by atoms with Crippen LogP contribution in [-0.2, 0) is 20.8 Å². The standard InChI is InChI=1S/C26H23NO8/c1-35-14-4-2-3-11(8-14)15-5-6-17(28)20-16(15)9-12-7-13-10-18(29)21(25(27)33)24(32)26(13,34)23(31)19(12)22(20)30/h2-6,8,12-13,28,30,32,34H,7,9-10H2,1H3,(H2,27,33)/t12-,13+,26?/m1/s1. The van der Waals surface area contributed by atoms with Crippen molar-refractivity contribution in [2.24, 2.45) is 17.6 Å². The van der Waals surface area contributed by atoms with Gasteiger partial charge < -0.3 is 30.9 Å². The normalized spacial score (nSPS) is 25.7. The van der Waals surface area contributed by atoms with E-state index in [0.29, 0.717) is 16.9 Å². The molecule has 1 amide bonds. The zero-order valence-electron chi connectivity index (χ0n) is 18.7. The second-order valence-corrected chi connectivity index (χ2v) is 9.12. The molecule has 3 aliphatic rings. The number of carbonyl (C=O) groups is 3. The van der Waals surface area contributed by atoms with Crippen LogP contribution in [0, 0.1) is 11.8 Å². The van der Waals surface area contributed by atoms with E-state index >= 15 is 0 Å². The van der Waals surface area contributed by atoms with Crippen molar-refractivity contribution in [2.45, 2.75) is 24.9 Å². The van der Waals surface area contributed by atoms with Gasteiger partial charge in [-0.1, -0.05) is 18.2 Å². The summed E-state index contributed by atoms with van der Waals surface area (Å²) >= 11 is 0. The highest BCUT2D eigenvalue weighted by Gasteiger charge is 2.60. The van der Waals surface area contributed by atoms with Crippen LogP contribution < -0.4 is 10.5 Å². The molecule has 3 aliphatic carbocycles. The third-order valence-corrected chi connectivity index (χ3v) is 7.33. The number of ketones is 2. The second kappa shape index (κ2) is 7.71. The van der Waals surface area contributed by atoms with Gasteiger partial charge in [0.1, 0.15) is 28.6 Å². The maximum atomic E-state index is 13.5. The summed E-state index contributed by atoms with van der Waals surface area (Å²) in [6.45, 7) is 0. The summed E-state index contributed by atoms with van der Waals surface area (Å²) in [5.74, 6) is -5.86. The maximum Gasteiger partial charge on any atom is 0.255 e. The molecule has 0 heterocycles. The van der Waals surface area contributed by atoms with Crippen LogP contribution in [0.25, 0.3) is 16.9 Å². The van der Waals surface area contributed by atoms with Crippen molar-refractivity contribution in [1.82, 2.24) is 0 Å². The number of ether oxygens (including phenoxy) is 1. The van der Waals surface area contributed by atoms with Crippen LogP contribution >= 0.6 is 0 Å². The molecule has 6 N–H and O–H groups in total. The van der Waals surface area contributed by atoms with Gasteiger partial charge in [0.05, 0.1) is 12.7 Å². The summed E-state index contributed by atoms with van der Waals surface area (Å²) in [4.78, 5) is 37.7. The van der Waals surface area contributed by atoms with Gasteiger partial charge in [-0.2, -0.15) is 0 Å². The lowest BCUT2D eigenvalue weighted by atomic mass is 9.59. The zero-order valence-corrected chi connectivity index (χ0v) is 18.7. The quantitative estimate of drug-likeness (QED) is 0.419.